The number of aliphatic carboxylic acids is 2. The van der Waals surface area contributed by atoms with Gasteiger partial charge >= 0.3 is 11.9 Å². The molecule has 0 aliphatic rings. The van der Waals surface area contributed by atoms with E-state index in [1.165, 1.54) is 0 Å². The molecule has 3 N–H and O–H groups in total. The summed E-state index contributed by atoms with van der Waals surface area (Å²) in [4.78, 5) is 20.5. The van der Waals surface area contributed by atoms with Crippen LogP contribution in [-0.2, 0) is 9.59 Å². The highest BCUT2D eigenvalue weighted by molar-refractivity contribution is 5.96. The van der Waals surface area contributed by atoms with Crippen molar-refractivity contribution < 1.29 is 24.9 Å². The first-order valence-electron chi connectivity index (χ1n) is 3.39. The maximum absolute atomic E-state index is 10.4. The van der Waals surface area contributed by atoms with E-state index >= 15 is 0 Å². The van der Waals surface area contributed by atoms with Gasteiger partial charge in [-0.2, -0.15) is 0 Å². The van der Waals surface area contributed by atoms with Crippen LogP contribution in [0.4, 0.5) is 0 Å². The molecule has 0 heterocycles. The Morgan fingerprint density at radius 2 is 1.58 bits per heavy atom. The van der Waals surface area contributed by atoms with Crippen LogP contribution in [0.5, 0.6) is 0 Å². The molecule has 0 rings (SSSR count). The molecular weight excluding hydrogens is 164 g/mol. The van der Waals surface area contributed by atoms with Crippen LogP contribution in [0.15, 0.2) is 11.3 Å². The molecule has 0 aromatic heterocycles. The van der Waals surface area contributed by atoms with Gasteiger partial charge in [-0.05, 0) is 6.42 Å². The number of aliphatic hydroxyl groups excluding tert-OH is 1. The minimum Gasteiger partial charge on any atom is -0.501 e. The molecule has 0 spiro atoms. The third-order valence-corrected chi connectivity index (χ3v) is 1.25. The van der Waals surface area contributed by atoms with Gasteiger partial charge < -0.3 is 15.3 Å². The minimum absolute atomic E-state index is 0.0491. The molecule has 0 fully saturated rings. The second-order valence-electron chi connectivity index (χ2n) is 2.19. The van der Waals surface area contributed by atoms with Crippen LogP contribution in [0.25, 0.3) is 0 Å². The molecule has 0 aliphatic heterocycles. The number of aliphatic hydroxyl groups is 1. The van der Waals surface area contributed by atoms with Crippen molar-refractivity contribution in [2.45, 2.75) is 19.8 Å². The minimum atomic E-state index is -1.61. The lowest BCUT2D eigenvalue weighted by molar-refractivity contribution is -0.138. The fraction of sp³-hybridized carbons (Fsp3) is 0.429. The molecule has 0 unspecified atom stereocenters. The third kappa shape index (κ3) is 2.61. The van der Waals surface area contributed by atoms with Gasteiger partial charge in [-0.1, -0.05) is 13.3 Å². The summed E-state index contributed by atoms with van der Waals surface area (Å²) < 4.78 is 0. The van der Waals surface area contributed by atoms with Gasteiger partial charge in [-0.3, -0.25) is 0 Å². The summed E-state index contributed by atoms with van der Waals surface area (Å²) in [6.45, 7) is 1.69. The summed E-state index contributed by atoms with van der Waals surface area (Å²) in [6.07, 6.45) is 0.520. The van der Waals surface area contributed by atoms with Crippen molar-refractivity contribution >= 4 is 11.9 Å². The molecule has 0 bridgehead atoms. The SMILES string of the molecule is CCC/C(C(=O)O)=C(/O)C(=O)O. The highest BCUT2D eigenvalue weighted by Crippen LogP contribution is 2.09. The number of hydrogen-bond donors (Lipinski definition) is 3. The quantitative estimate of drug-likeness (QED) is 0.432. The first-order valence-corrected chi connectivity index (χ1v) is 3.39. The van der Waals surface area contributed by atoms with E-state index in [1.807, 2.05) is 0 Å². The van der Waals surface area contributed by atoms with E-state index < -0.39 is 23.3 Å². The van der Waals surface area contributed by atoms with Crippen molar-refractivity contribution in [2.75, 3.05) is 0 Å². The second-order valence-corrected chi connectivity index (χ2v) is 2.19. The van der Waals surface area contributed by atoms with E-state index in [9.17, 15) is 9.59 Å². The van der Waals surface area contributed by atoms with Crippen LogP contribution in [0.3, 0.4) is 0 Å². The number of carbonyl (C=O) groups is 2. The van der Waals surface area contributed by atoms with E-state index in [1.54, 1.807) is 6.92 Å². The summed E-state index contributed by atoms with van der Waals surface area (Å²) in [5, 5.41) is 25.5. The van der Waals surface area contributed by atoms with Gasteiger partial charge in [0.15, 0.2) is 0 Å². The van der Waals surface area contributed by atoms with E-state index in [2.05, 4.69) is 0 Å². The van der Waals surface area contributed by atoms with Crippen LogP contribution in [-0.4, -0.2) is 27.3 Å². The molecule has 0 saturated carbocycles. The fourth-order valence-corrected chi connectivity index (χ4v) is 0.706. The number of rotatable bonds is 4. The van der Waals surface area contributed by atoms with Crippen molar-refractivity contribution in [2.24, 2.45) is 0 Å². The Labute approximate surface area is 68.9 Å². The van der Waals surface area contributed by atoms with Crippen molar-refractivity contribution in [1.82, 2.24) is 0 Å². The summed E-state index contributed by atoms with van der Waals surface area (Å²) in [5.74, 6) is -4.08. The van der Waals surface area contributed by atoms with Crippen molar-refractivity contribution in [3.05, 3.63) is 11.3 Å². The smallest absolute Gasteiger partial charge is 0.371 e. The van der Waals surface area contributed by atoms with Crippen molar-refractivity contribution in [3.8, 4) is 0 Å². The van der Waals surface area contributed by atoms with Gasteiger partial charge in [0, 0.05) is 0 Å². The number of carboxylic acids is 2. The zero-order valence-corrected chi connectivity index (χ0v) is 6.57. The first-order chi connectivity index (χ1) is 5.50. The molecule has 0 aromatic rings. The van der Waals surface area contributed by atoms with Crippen LogP contribution in [0, 0.1) is 0 Å². The Bertz CT molecular complexity index is 228. The van der Waals surface area contributed by atoms with E-state index in [4.69, 9.17) is 15.3 Å². The molecule has 5 heteroatoms. The summed E-state index contributed by atoms with van der Waals surface area (Å²) in [5.41, 5.74) is -0.454. The molecular formula is C7H10O5. The Balaban J connectivity index is 4.80. The predicted octanol–water partition coefficient (Wildman–Crippen LogP) is 0.768. The topological polar surface area (TPSA) is 94.8 Å². The average molecular weight is 174 g/mol. The lowest BCUT2D eigenvalue weighted by atomic mass is 10.1. The molecule has 0 radical (unpaired) electrons. The van der Waals surface area contributed by atoms with Crippen LogP contribution in [0.1, 0.15) is 19.8 Å². The van der Waals surface area contributed by atoms with Gasteiger partial charge in [0.2, 0.25) is 5.76 Å². The monoisotopic (exact) mass is 174 g/mol. The maximum atomic E-state index is 10.4. The molecule has 0 saturated heterocycles. The lowest BCUT2D eigenvalue weighted by Crippen LogP contribution is -2.10. The largest absolute Gasteiger partial charge is 0.501 e. The highest BCUT2D eigenvalue weighted by Gasteiger charge is 2.17. The van der Waals surface area contributed by atoms with Gasteiger partial charge in [-0.25, -0.2) is 9.59 Å². The van der Waals surface area contributed by atoms with Gasteiger partial charge in [0.1, 0.15) is 0 Å². The van der Waals surface area contributed by atoms with Gasteiger partial charge in [0.25, 0.3) is 0 Å². The van der Waals surface area contributed by atoms with Crippen LogP contribution >= 0.6 is 0 Å². The molecule has 12 heavy (non-hydrogen) atoms. The van der Waals surface area contributed by atoms with E-state index in [0.717, 1.165) is 0 Å². The van der Waals surface area contributed by atoms with Crippen molar-refractivity contribution in [3.63, 3.8) is 0 Å². The summed E-state index contributed by atoms with van der Waals surface area (Å²) in [7, 11) is 0. The van der Waals surface area contributed by atoms with Crippen molar-refractivity contribution in [1.29, 1.82) is 0 Å². The Morgan fingerprint density at radius 1 is 1.08 bits per heavy atom. The number of carboxylic acid groups (broad SMARTS) is 2. The molecule has 0 atom stereocenters. The normalized spacial score (nSPS) is 12.1. The average Bonchev–Trinajstić information content (AvgIpc) is 1.98. The summed E-state index contributed by atoms with van der Waals surface area (Å²) in [6, 6.07) is 0. The second kappa shape index (κ2) is 4.38. The molecule has 0 amide bonds. The van der Waals surface area contributed by atoms with E-state index in [0.29, 0.717) is 6.42 Å². The van der Waals surface area contributed by atoms with Crippen LogP contribution < -0.4 is 0 Å². The maximum Gasteiger partial charge on any atom is 0.371 e. The zero-order valence-electron chi connectivity index (χ0n) is 6.57. The first kappa shape index (κ1) is 10.5. The zero-order chi connectivity index (χ0) is 9.72. The van der Waals surface area contributed by atoms with Crippen LogP contribution in [0.2, 0.25) is 0 Å². The fourth-order valence-electron chi connectivity index (χ4n) is 0.706. The Morgan fingerprint density at radius 3 is 1.83 bits per heavy atom. The van der Waals surface area contributed by atoms with Gasteiger partial charge in [-0.15, -0.1) is 0 Å². The Hall–Kier alpha value is -1.52. The molecule has 5 nitrogen and oxygen atoms in total. The third-order valence-electron chi connectivity index (χ3n) is 1.25. The predicted molar refractivity (Wildman–Crippen MR) is 39.8 cm³/mol. The van der Waals surface area contributed by atoms with Gasteiger partial charge in [0.05, 0.1) is 5.57 Å². The lowest BCUT2D eigenvalue weighted by Gasteiger charge is -2.00. The molecule has 0 aliphatic carbocycles. The van der Waals surface area contributed by atoms with E-state index in [-0.39, 0.29) is 6.42 Å². The molecule has 68 valence electrons. The number of hydrogen-bond acceptors (Lipinski definition) is 3. The standard InChI is InChI=1S/C7H10O5/c1-2-3-4(6(9)10)5(8)7(11)12/h8H,2-3H2,1H3,(H,9,10)(H,11,12)/b5-4-. The molecule has 0 aromatic carbocycles. The Kier molecular flexibility index (Phi) is 3.82. The highest BCUT2D eigenvalue weighted by atomic mass is 16.4. The summed E-state index contributed by atoms with van der Waals surface area (Å²) >= 11 is 0.